The molecule has 0 fully saturated rings. The first-order valence-electron chi connectivity index (χ1n) is 6.07. The molecule has 0 unspecified atom stereocenters. The van der Waals surface area contributed by atoms with E-state index in [0.29, 0.717) is 6.73 Å². The van der Waals surface area contributed by atoms with Crippen LogP contribution in [0, 0.1) is 0 Å². The summed E-state index contributed by atoms with van der Waals surface area (Å²) in [5, 5.41) is 0. The minimum Gasteiger partial charge on any atom is -0.324 e. The monoisotopic (exact) mass is 419 g/mol. The number of hydrogen-bond acceptors (Lipinski definition) is 5. The second-order valence-corrected chi connectivity index (χ2v) is 7.60. The lowest BCUT2D eigenvalue weighted by Gasteiger charge is -2.11. The Bertz CT molecular complexity index is 689. The molecule has 7 nitrogen and oxygen atoms in total. The van der Waals surface area contributed by atoms with Gasteiger partial charge in [0.2, 0.25) is 0 Å². The van der Waals surface area contributed by atoms with E-state index in [0.717, 1.165) is 6.61 Å². The van der Waals surface area contributed by atoms with Crippen molar-refractivity contribution in [3.63, 3.8) is 0 Å². The largest absolute Gasteiger partial charge is 0.512 e. The van der Waals surface area contributed by atoms with Crippen LogP contribution in [0.25, 0.3) is 0 Å². The lowest BCUT2D eigenvalue weighted by atomic mass is 10.5. The van der Waals surface area contributed by atoms with Gasteiger partial charge in [0, 0.05) is 12.1 Å². The molecule has 0 aliphatic rings. The molecule has 0 aliphatic carbocycles. The highest BCUT2D eigenvalue weighted by molar-refractivity contribution is 8.05. The smallest absolute Gasteiger partial charge is 0.324 e. The molecule has 0 radical (unpaired) electrons. The van der Waals surface area contributed by atoms with Crippen molar-refractivity contribution in [2.24, 2.45) is 0 Å². The molecule has 0 atom stereocenters. The molecule has 15 heteroatoms. The summed E-state index contributed by atoms with van der Waals surface area (Å²) in [6, 6.07) is 5.96. The van der Waals surface area contributed by atoms with Gasteiger partial charge in [0.15, 0.2) is 12.4 Å². The van der Waals surface area contributed by atoms with Crippen molar-refractivity contribution in [1.29, 1.82) is 0 Å². The third-order valence-corrected chi connectivity index (χ3v) is 5.02. The van der Waals surface area contributed by atoms with Crippen LogP contribution in [0.15, 0.2) is 30.6 Å². The van der Waals surface area contributed by atoms with Gasteiger partial charge in [-0.3, -0.25) is 0 Å². The Hall–Kier alpha value is -1.45. The first kappa shape index (κ1) is 23.5. The third-order valence-electron chi connectivity index (χ3n) is 2.05. The molecule has 0 saturated heterocycles. The Balaban J connectivity index is 0.000000496. The molecule has 1 rings (SSSR count). The summed E-state index contributed by atoms with van der Waals surface area (Å²) in [6.07, 6.45) is 3.96. The van der Waals surface area contributed by atoms with Crippen LogP contribution in [0.4, 0.5) is 26.3 Å². The minimum atomic E-state index is -6.60. The molecule has 25 heavy (non-hydrogen) atoms. The highest BCUT2D eigenvalue weighted by atomic mass is 32.3. The topological polar surface area (TPSA) is 93.4 Å². The lowest BCUT2D eigenvalue weighted by molar-refractivity contribution is -0.732. The first-order valence-corrected chi connectivity index (χ1v) is 9.03. The summed E-state index contributed by atoms with van der Waals surface area (Å²) >= 11 is 0. The van der Waals surface area contributed by atoms with E-state index >= 15 is 0 Å². The van der Waals surface area contributed by atoms with Gasteiger partial charge < -0.3 is 4.74 Å². The molecule has 0 spiro atoms. The van der Waals surface area contributed by atoms with Gasteiger partial charge in [-0.15, -0.1) is 0 Å². The zero-order valence-corrected chi connectivity index (χ0v) is 14.0. The second-order valence-electron chi connectivity index (χ2n) is 3.99. The lowest BCUT2D eigenvalue weighted by Crippen LogP contribution is -2.45. The average Bonchev–Trinajstić information content (AvgIpc) is 2.43. The number of halogens is 6. The van der Waals surface area contributed by atoms with Gasteiger partial charge in [0.1, 0.15) is 0 Å². The highest BCUT2D eigenvalue weighted by Crippen LogP contribution is 2.27. The molecule has 1 aromatic heterocycles. The number of rotatable bonds is 5. The average molecular weight is 419 g/mol. The van der Waals surface area contributed by atoms with E-state index in [9.17, 15) is 43.2 Å². The Labute approximate surface area is 139 Å². The zero-order chi connectivity index (χ0) is 19.9. The molecular weight excluding hydrogens is 406 g/mol. The van der Waals surface area contributed by atoms with Gasteiger partial charge in [-0.25, -0.2) is 16.8 Å². The summed E-state index contributed by atoms with van der Waals surface area (Å²) < 4.78 is 115. The number of sulfonamides is 2. The second kappa shape index (κ2) is 8.77. The minimum absolute atomic E-state index is 0.493. The molecule has 0 aliphatic heterocycles. The normalized spacial score (nSPS) is 13.1. The molecule has 0 amide bonds. The Morgan fingerprint density at radius 3 is 1.60 bits per heavy atom. The predicted molar refractivity (Wildman–Crippen MR) is 71.3 cm³/mol. The van der Waals surface area contributed by atoms with E-state index in [1.807, 2.05) is 42.1 Å². The molecule has 0 aromatic carbocycles. The van der Waals surface area contributed by atoms with Gasteiger partial charge >= 0.3 is 31.1 Å². The Kier molecular flexibility index (Phi) is 8.26. The van der Waals surface area contributed by atoms with Gasteiger partial charge in [-0.2, -0.15) is 30.9 Å². The Morgan fingerprint density at radius 2 is 1.28 bits per heavy atom. The third kappa shape index (κ3) is 7.98. The van der Waals surface area contributed by atoms with Crippen LogP contribution in [0.1, 0.15) is 6.92 Å². The van der Waals surface area contributed by atoms with Crippen molar-refractivity contribution >= 4 is 20.0 Å². The van der Waals surface area contributed by atoms with Crippen LogP contribution in [0.5, 0.6) is 0 Å². The van der Waals surface area contributed by atoms with Gasteiger partial charge in [-0.05, 0) is 6.92 Å². The zero-order valence-electron chi connectivity index (χ0n) is 12.4. The van der Waals surface area contributed by atoms with Crippen LogP contribution in [0.3, 0.4) is 0 Å². The summed E-state index contributed by atoms with van der Waals surface area (Å²) in [7, 11) is -13.2. The fraction of sp³-hybridized carbons (Fsp3) is 0.500. The first-order chi connectivity index (χ1) is 11.1. The van der Waals surface area contributed by atoms with Crippen molar-refractivity contribution < 1.29 is 52.5 Å². The number of pyridine rings is 1. The van der Waals surface area contributed by atoms with Crippen molar-refractivity contribution in [3.05, 3.63) is 30.6 Å². The van der Waals surface area contributed by atoms with Crippen molar-refractivity contribution in [2.75, 3.05) is 6.61 Å². The van der Waals surface area contributed by atoms with E-state index in [4.69, 9.17) is 4.74 Å². The fourth-order valence-electron chi connectivity index (χ4n) is 0.956. The van der Waals surface area contributed by atoms with E-state index in [1.54, 1.807) is 0 Å². The number of ether oxygens (including phenoxy) is 1. The van der Waals surface area contributed by atoms with Crippen molar-refractivity contribution in [3.8, 4) is 0 Å². The number of alkyl halides is 6. The van der Waals surface area contributed by atoms with E-state index < -0.39 is 35.2 Å². The maximum atomic E-state index is 11.5. The van der Waals surface area contributed by atoms with Crippen LogP contribution in [-0.4, -0.2) is 34.5 Å². The molecule has 0 bridgehead atoms. The summed E-state index contributed by atoms with van der Waals surface area (Å²) in [4.78, 5) is 0. The molecule has 1 heterocycles. The number of nitrogens with zero attached hydrogens (tertiary/aromatic N) is 1. The maximum Gasteiger partial charge on any atom is 0.512 e. The molecular formula is C10H13F6N2O5S2+. The molecule has 1 aromatic rings. The molecule has 146 valence electrons. The van der Waals surface area contributed by atoms with Gasteiger partial charge in [0.05, 0.1) is 6.61 Å². The van der Waals surface area contributed by atoms with Crippen LogP contribution in [-0.2, 0) is 31.5 Å². The number of nitrogens with one attached hydrogen (secondary N) is 1. The quantitative estimate of drug-likeness (QED) is 0.573. The Morgan fingerprint density at radius 1 is 0.880 bits per heavy atom. The van der Waals surface area contributed by atoms with Gasteiger partial charge in [-0.1, -0.05) is 10.2 Å². The number of hydrogen-bond donors (Lipinski definition) is 1. The standard InChI is InChI=1S/C8H12NO.C2HF6NO4S2/c1-2-10-8-9-6-4-3-5-7-9;3-1(4,5)14(10,11)9-15(12,13)2(6,7)8/h3-7H,2,8H2,1H3;9H/q+1;. The van der Waals surface area contributed by atoms with Crippen molar-refractivity contribution in [2.45, 2.75) is 24.7 Å². The van der Waals surface area contributed by atoms with Crippen LogP contribution < -0.4 is 8.69 Å². The van der Waals surface area contributed by atoms with Crippen LogP contribution in [0.2, 0.25) is 0 Å². The SMILES string of the molecule is CCOC[n+]1ccccc1.O=S(=O)(NS(=O)(=O)C(F)(F)F)C(F)(F)F. The fourth-order valence-corrected chi connectivity index (χ4v) is 2.87. The highest BCUT2D eigenvalue weighted by Gasteiger charge is 2.55. The molecule has 0 saturated carbocycles. The van der Waals surface area contributed by atoms with Crippen molar-refractivity contribution in [1.82, 2.24) is 4.13 Å². The maximum absolute atomic E-state index is 11.5. The van der Waals surface area contributed by atoms with E-state index in [1.165, 1.54) is 0 Å². The summed E-state index contributed by atoms with van der Waals surface area (Å²) in [5.41, 5.74) is -12.3. The number of aromatic nitrogens is 1. The van der Waals surface area contributed by atoms with Crippen LogP contribution >= 0.6 is 0 Å². The van der Waals surface area contributed by atoms with Gasteiger partial charge in [0.25, 0.3) is 6.73 Å². The van der Waals surface area contributed by atoms with E-state index in [-0.39, 0.29) is 0 Å². The molecule has 1 N–H and O–H groups in total. The van der Waals surface area contributed by atoms with E-state index in [2.05, 4.69) is 0 Å². The summed E-state index contributed by atoms with van der Waals surface area (Å²) in [6.45, 7) is 3.41. The predicted octanol–water partition coefficient (Wildman–Crippen LogP) is 1.24. The summed E-state index contributed by atoms with van der Waals surface area (Å²) in [5.74, 6) is 0.